The Bertz CT molecular complexity index is 762. The average molecular weight is 309 g/mol. The summed E-state index contributed by atoms with van der Waals surface area (Å²) in [5.41, 5.74) is 0.462. The molecule has 116 valence electrons. The first-order chi connectivity index (χ1) is 11.1. The number of amides is 2. The monoisotopic (exact) mass is 309 g/mol. The van der Waals surface area contributed by atoms with Crippen molar-refractivity contribution in [1.29, 1.82) is 0 Å². The second-order valence-electron chi connectivity index (χ2n) is 7.02. The Morgan fingerprint density at radius 3 is 2.22 bits per heavy atom. The molecule has 1 aromatic rings. The van der Waals surface area contributed by atoms with E-state index in [-0.39, 0.29) is 41.0 Å². The SMILES string of the molecule is O=C(O)c1cccc(N2C(=O)[C@@H]3[C@H]4C=C[C@@H]([C@@H]5C[C@@H]45)[C@H]3C2=O)c1. The van der Waals surface area contributed by atoms with E-state index < -0.39 is 5.97 Å². The van der Waals surface area contributed by atoms with Crippen molar-refractivity contribution in [3.63, 3.8) is 0 Å². The van der Waals surface area contributed by atoms with E-state index in [4.69, 9.17) is 5.11 Å². The Kier molecular flexibility index (Phi) is 2.33. The molecular weight excluding hydrogens is 294 g/mol. The third-order valence-corrected chi connectivity index (χ3v) is 6.01. The van der Waals surface area contributed by atoms with Gasteiger partial charge in [-0.05, 0) is 48.3 Å². The highest BCUT2D eigenvalue weighted by molar-refractivity contribution is 6.22. The fraction of sp³-hybridized carbons (Fsp3) is 0.389. The van der Waals surface area contributed by atoms with Crippen molar-refractivity contribution in [2.75, 3.05) is 4.90 Å². The van der Waals surface area contributed by atoms with Crippen molar-refractivity contribution >= 4 is 23.5 Å². The van der Waals surface area contributed by atoms with Crippen molar-refractivity contribution < 1.29 is 19.5 Å². The van der Waals surface area contributed by atoms with E-state index in [2.05, 4.69) is 12.2 Å². The Hall–Kier alpha value is -2.43. The maximum atomic E-state index is 12.9. The summed E-state index contributed by atoms with van der Waals surface area (Å²) < 4.78 is 0. The maximum absolute atomic E-state index is 12.9. The van der Waals surface area contributed by atoms with Crippen LogP contribution >= 0.6 is 0 Å². The second kappa shape index (κ2) is 4.10. The molecule has 0 spiro atoms. The van der Waals surface area contributed by atoms with Crippen LogP contribution in [0.15, 0.2) is 36.4 Å². The summed E-state index contributed by atoms with van der Waals surface area (Å²) in [5, 5.41) is 9.13. The molecule has 1 N–H and O–H groups in total. The molecule has 2 bridgehead atoms. The van der Waals surface area contributed by atoms with Gasteiger partial charge in [-0.3, -0.25) is 9.59 Å². The molecule has 6 rings (SSSR count). The number of allylic oxidation sites excluding steroid dienone is 2. The maximum Gasteiger partial charge on any atom is 0.335 e. The molecule has 0 aromatic heterocycles. The molecule has 1 saturated heterocycles. The number of carbonyl (C=O) groups is 3. The molecule has 0 unspecified atom stereocenters. The lowest BCUT2D eigenvalue weighted by Gasteiger charge is -2.37. The molecule has 4 aliphatic carbocycles. The third kappa shape index (κ3) is 1.54. The van der Waals surface area contributed by atoms with Crippen molar-refractivity contribution in [2.24, 2.45) is 35.5 Å². The summed E-state index contributed by atoms with van der Waals surface area (Å²) in [6, 6.07) is 6.08. The van der Waals surface area contributed by atoms with Crippen LogP contribution in [-0.2, 0) is 9.59 Å². The smallest absolute Gasteiger partial charge is 0.335 e. The van der Waals surface area contributed by atoms with Gasteiger partial charge in [-0.1, -0.05) is 18.2 Å². The fourth-order valence-electron chi connectivity index (χ4n) is 4.99. The first-order valence-corrected chi connectivity index (χ1v) is 7.97. The highest BCUT2D eigenvalue weighted by Crippen LogP contribution is 2.65. The van der Waals surface area contributed by atoms with Crippen molar-refractivity contribution in [3.8, 4) is 0 Å². The molecule has 2 amide bonds. The van der Waals surface area contributed by atoms with Gasteiger partial charge in [0.25, 0.3) is 0 Å². The highest BCUT2D eigenvalue weighted by Gasteiger charge is 2.67. The molecule has 1 heterocycles. The fourth-order valence-corrected chi connectivity index (χ4v) is 4.99. The van der Waals surface area contributed by atoms with Gasteiger partial charge in [0.1, 0.15) is 0 Å². The van der Waals surface area contributed by atoms with E-state index in [1.165, 1.54) is 17.0 Å². The minimum absolute atomic E-state index is 0.0851. The number of benzene rings is 1. The number of hydrogen-bond acceptors (Lipinski definition) is 3. The molecule has 23 heavy (non-hydrogen) atoms. The summed E-state index contributed by atoms with van der Waals surface area (Å²) in [4.78, 5) is 38.2. The van der Waals surface area contributed by atoms with E-state index in [9.17, 15) is 14.4 Å². The lowest BCUT2D eigenvalue weighted by Crippen LogP contribution is -2.40. The molecule has 0 radical (unpaired) electrons. The van der Waals surface area contributed by atoms with E-state index in [0.717, 1.165) is 6.42 Å². The number of rotatable bonds is 2. The summed E-state index contributed by atoms with van der Waals surface area (Å²) in [5.74, 6) is -0.407. The minimum Gasteiger partial charge on any atom is -0.478 e. The molecule has 5 heteroatoms. The number of anilines is 1. The molecule has 5 nitrogen and oxygen atoms in total. The van der Waals surface area contributed by atoms with Gasteiger partial charge in [-0.2, -0.15) is 0 Å². The van der Waals surface area contributed by atoms with Crippen LogP contribution in [0, 0.1) is 35.5 Å². The first-order valence-electron chi connectivity index (χ1n) is 7.97. The second-order valence-corrected chi connectivity index (χ2v) is 7.02. The van der Waals surface area contributed by atoms with Gasteiger partial charge in [-0.15, -0.1) is 0 Å². The normalized spacial score (nSPS) is 39.4. The zero-order valence-corrected chi connectivity index (χ0v) is 12.3. The Morgan fingerprint density at radius 1 is 1.04 bits per heavy atom. The highest BCUT2D eigenvalue weighted by atomic mass is 16.4. The van der Waals surface area contributed by atoms with Gasteiger partial charge < -0.3 is 5.11 Å². The van der Waals surface area contributed by atoms with Crippen LogP contribution in [0.25, 0.3) is 0 Å². The number of hydrogen-bond donors (Lipinski definition) is 1. The van der Waals surface area contributed by atoms with Crippen molar-refractivity contribution in [2.45, 2.75) is 6.42 Å². The van der Waals surface area contributed by atoms with Crippen LogP contribution in [0.1, 0.15) is 16.8 Å². The van der Waals surface area contributed by atoms with Gasteiger partial charge in [0.15, 0.2) is 0 Å². The lowest BCUT2D eigenvalue weighted by atomic mass is 9.63. The predicted octanol–water partition coefficient (Wildman–Crippen LogP) is 1.94. The van der Waals surface area contributed by atoms with Gasteiger partial charge in [0.2, 0.25) is 11.8 Å². The minimum atomic E-state index is -1.06. The first kappa shape index (κ1) is 13.0. The predicted molar refractivity (Wildman–Crippen MR) is 80.6 cm³/mol. The van der Waals surface area contributed by atoms with Crippen LogP contribution in [0.5, 0.6) is 0 Å². The van der Waals surface area contributed by atoms with Crippen LogP contribution in [0.4, 0.5) is 5.69 Å². The topological polar surface area (TPSA) is 74.7 Å². The average Bonchev–Trinajstić information content (AvgIpc) is 3.32. The summed E-state index contributed by atoms with van der Waals surface area (Å²) in [7, 11) is 0. The van der Waals surface area contributed by atoms with Gasteiger partial charge in [0.05, 0.1) is 23.1 Å². The van der Waals surface area contributed by atoms with Crippen LogP contribution in [0.2, 0.25) is 0 Å². The summed E-state index contributed by atoms with van der Waals surface area (Å²) >= 11 is 0. The summed E-state index contributed by atoms with van der Waals surface area (Å²) in [6.07, 6.45) is 5.38. The number of imide groups is 1. The molecule has 2 saturated carbocycles. The van der Waals surface area contributed by atoms with E-state index in [1.807, 2.05) is 0 Å². The van der Waals surface area contributed by atoms with Crippen LogP contribution in [-0.4, -0.2) is 22.9 Å². The molecule has 6 atom stereocenters. The van der Waals surface area contributed by atoms with Crippen LogP contribution < -0.4 is 4.90 Å². The number of carboxylic acids is 1. The van der Waals surface area contributed by atoms with Crippen LogP contribution in [0.3, 0.4) is 0 Å². The zero-order valence-electron chi connectivity index (χ0n) is 12.3. The zero-order chi connectivity index (χ0) is 15.9. The summed E-state index contributed by atoms with van der Waals surface area (Å²) in [6.45, 7) is 0. The molecule has 1 aromatic carbocycles. The largest absolute Gasteiger partial charge is 0.478 e. The molecule has 3 fully saturated rings. The van der Waals surface area contributed by atoms with E-state index in [0.29, 0.717) is 17.5 Å². The van der Waals surface area contributed by atoms with Gasteiger partial charge >= 0.3 is 5.97 Å². The van der Waals surface area contributed by atoms with Gasteiger partial charge in [-0.25, -0.2) is 9.69 Å². The molecule has 1 aliphatic heterocycles. The Morgan fingerprint density at radius 2 is 1.65 bits per heavy atom. The lowest BCUT2D eigenvalue weighted by molar-refractivity contribution is -0.124. The quantitative estimate of drug-likeness (QED) is 0.669. The number of carbonyl (C=O) groups excluding carboxylic acids is 2. The number of nitrogens with zero attached hydrogens (tertiary/aromatic N) is 1. The molecule has 5 aliphatic rings. The van der Waals surface area contributed by atoms with Crippen molar-refractivity contribution in [1.82, 2.24) is 0 Å². The molecular formula is C18H15NO4. The Labute approximate surface area is 132 Å². The van der Waals surface area contributed by atoms with E-state index in [1.54, 1.807) is 12.1 Å². The third-order valence-electron chi connectivity index (χ3n) is 6.01. The Balaban J connectivity index is 1.57. The number of carboxylic acid groups (broad SMARTS) is 1. The van der Waals surface area contributed by atoms with Gasteiger partial charge in [0, 0.05) is 0 Å². The van der Waals surface area contributed by atoms with E-state index >= 15 is 0 Å². The van der Waals surface area contributed by atoms with Crippen molar-refractivity contribution in [3.05, 3.63) is 42.0 Å². The standard InChI is InChI=1S/C18H15NO4/c20-16-14-10-4-5-11(13-7-12(10)13)15(14)17(21)19(16)9-3-1-2-8(6-9)18(22)23/h1-6,10-15H,7H2,(H,22,23)/t10-,11-,12-,13-,14+,15+/m0/s1. The number of aromatic carboxylic acids is 1.